The first kappa shape index (κ1) is 16.1. The first-order chi connectivity index (χ1) is 9.38. The molecule has 0 aliphatic heterocycles. The van der Waals surface area contributed by atoms with Gasteiger partial charge in [-0.1, -0.05) is 65.2 Å². The zero-order valence-corrected chi connectivity index (χ0v) is 12.8. The van der Waals surface area contributed by atoms with Crippen LogP contribution in [0.1, 0.15) is 89.7 Å². The van der Waals surface area contributed by atoms with Gasteiger partial charge in [-0.3, -0.25) is 0 Å². The molecule has 0 aliphatic rings. The number of aromatic nitrogens is 2. The minimum absolute atomic E-state index is 0.650. The third-order valence-corrected chi connectivity index (χ3v) is 3.84. The fraction of sp³-hybridized carbons (Fsp3) is 0.765. The average Bonchev–Trinajstić information content (AvgIpc) is 2.46. The molecule has 2 heteroatoms. The van der Waals surface area contributed by atoms with Crippen molar-refractivity contribution in [2.24, 2.45) is 0 Å². The van der Waals surface area contributed by atoms with Gasteiger partial charge in [0.15, 0.2) is 0 Å². The van der Waals surface area contributed by atoms with E-state index in [4.69, 9.17) is 0 Å². The number of unbranched alkanes of at least 4 members (excludes halogenated alkanes) is 6. The molecule has 0 N–H and O–H groups in total. The highest BCUT2D eigenvalue weighted by Gasteiger charge is 2.12. The molecule has 1 rings (SSSR count). The van der Waals surface area contributed by atoms with Gasteiger partial charge in [-0.2, -0.15) is 0 Å². The van der Waals surface area contributed by atoms with Gasteiger partial charge >= 0.3 is 0 Å². The molecule has 19 heavy (non-hydrogen) atoms. The summed E-state index contributed by atoms with van der Waals surface area (Å²) in [7, 11) is 0. The van der Waals surface area contributed by atoms with E-state index in [-0.39, 0.29) is 0 Å². The van der Waals surface area contributed by atoms with Crippen LogP contribution in [0.15, 0.2) is 18.6 Å². The van der Waals surface area contributed by atoms with Crippen LogP contribution in [-0.4, -0.2) is 9.97 Å². The van der Waals surface area contributed by atoms with E-state index in [1.165, 1.54) is 69.9 Å². The molecular weight excluding hydrogens is 232 g/mol. The van der Waals surface area contributed by atoms with Crippen molar-refractivity contribution in [1.29, 1.82) is 0 Å². The SMILES string of the molecule is CCCCCCC(CCCCCC)c1ccncn1. The molecule has 0 fully saturated rings. The third kappa shape index (κ3) is 7.29. The highest BCUT2D eigenvalue weighted by atomic mass is 14.8. The summed E-state index contributed by atoms with van der Waals surface area (Å²) in [6, 6.07) is 2.10. The van der Waals surface area contributed by atoms with Gasteiger partial charge in [0.25, 0.3) is 0 Å². The van der Waals surface area contributed by atoms with Crippen molar-refractivity contribution in [1.82, 2.24) is 9.97 Å². The summed E-state index contributed by atoms with van der Waals surface area (Å²) in [5, 5.41) is 0. The molecule has 1 heterocycles. The molecule has 1 aromatic rings. The van der Waals surface area contributed by atoms with Crippen LogP contribution in [-0.2, 0) is 0 Å². The lowest BCUT2D eigenvalue weighted by Crippen LogP contribution is -2.02. The van der Waals surface area contributed by atoms with Crippen LogP contribution in [0.4, 0.5) is 0 Å². The number of hydrogen-bond donors (Lipinski definition) is 0. The van der Waals surface area contributed by atoms with Crippen LogP contribution in [0.25, 0.3) is 0 Å². The topological polar surface area (TPSA) is 25.8 Å². The van der Waals surface area contributed by atoms with E-state index >= 15 is 0 Å². The Labute approximate surface area is 119 Å². The van der Waals surface area contributed by atoms with Crippen molar-refractivity contribution in [3.05, 3.63) is 24.3 Å². The largest absolute Gasteiger partial charge is 0.245 e. The smallest absolute Gasteiger partial charge is 0.115 e. The average molecular weight is 262 g/mol. The molecule has 0 aliphatic carbocycles. The molecule has 0 atom stereocenters. The Balaban J connectivity index is 2.39. The lowest BCUT2D eigenvalue weighted by molar-refractivity contribution is 0.488. The summed E-state index contributed by atoms with van der Waals surface area (Å²) in [5.74, 6) is 0.650. The van der Waals surface area contributed by atoms with Gasteiger partial charge in [0, 0.05) is 17.8 Å². The molecule has 0 radical (unpaired) electrons. The summed E-state index contributed by atoms with van der Waals surface area (Å²) < 4.78 is 0. The Kier molecular flexibility index (Phi) is 9.30. The molecule has 0 bridgehead atoms. The molecule has 0 saturated heterocycles. The summed E-state index contributed by atoms with van der Waals surface area (Å²) in [6.45, 7) is 4.54. The quantitative estimate of drug-likeness (QED) is 0.492. The van der Waals surface area contributed by atoms with Crippen LogP contribution in [0.3, 0.4) is 0 Å². The molecule has 0 unspecified atom stereocenters. The molecule has 0 saturated carbocycles. The standard InChI is InChI=1S/C17H30N2/c1-3-5-7-9-11-16(12-10-8-6-4-2)17-13-14-18-15-19-17/h13-16H,3-12H2,1-2H3. The van der Waals surface area contributed by atoms with E-state index in [2.05, 4.69) is 29.9 Å². The monoisotopic (exact) mass is 262 g/mol. The van der Waals surface area contributed by atoms with E-state index in [1.54, 1.807) is 6.33 Å². The predicted octanol–water partition coefficient (Wildman–Crippen LogP) is 5.50. The fourth-order valence-electron chi connectivity index (χ4n) is 2.62. The van der Waals surface area contributed by atoms with E-state index in [9.17, 15) is 0 Å². The van der Waals surface area contributed by atoms with Crippen molar-refractivity contribution in [3.8, 4) is 0 Å². The van der Waals surface area contributed by atoms with Crippen LogP contribution >= 0.6 is 0 Å². The number of rotatable bonds is 11. The highest BCUT2D eigenvalue weighted by molar-refractivity contribution is 5.05. The zero-order chi connectivity index (χ0) is 13.8. The molecule has 2 nitrogen and oxygen atoms in total. The molecule has 0 aromatic carbocycles. The summed E-state index contributed by atoms with van der Waals surface area (Å²) in [6.07, 6.45) is 17.0. The van der Waals surface area contributed by atoms with Gasteiger partial charge in [0.2, 0.25) is 0 Å². The lowest BCUT2D eigenvalue weighted by atomic mass is 9.91. The maximum Gasteiger partial charge on any atom is 0.115 e. The van der Waals surface area contributed by atoms with Crippen molar-refractivity contribution in [2.75, 3.05) is 0 Å². The van der Waals surface area contributed by atoms with Crippen LogP contribution in [0, 0.1) is 0 Å². The zero-order valence-electron chi connectivity index (χ0n) is 12.8. The van der Waals surface area contributed by atoms with Crippen LogP contribution < -0.4 is 0 Å². The second-order valence-electron chi connectivity index (χ2n) is 5.53. The predicted molar refractivity (Wildman–Crippen MR) is 82.3 cm³/mol. The van der Waals surface area contributed by atoms with Gasteiger partial charge in [0.1, 0.15) is 6.33 Å². The maximum atomic E-state index is 4.47. The van der Waals surface area contributed by atoms with Gasteiger partial charge in [0.05, 0.1) is 0 Å². The van der Waals surface area contributed by atoms with Gasteiger partial charge in [-0.05, 0) is 18.9 Å². The van der Waals surface area contributed by atoms with E-state index in [1.807, 2.05) is 6.20 Å². The summed E-state index contributed by atoms with van der Waals surface area (Å²) >= 11 is 0. The Bertz CT molecular complexity index is 285. The van der Waals surface area contributed by atoms with E-state index in [0.717, 1.165) is 0 Å². The molecule has 108 valence electrons. The minimum atomic E-state index is 0.650. The number of hydrogen-bond acceptors (Lipinski definition) is 2. The Morgan fingerprint density at radius 1 is 0.895 bits per heavy atom. The van der Waals surface area contributed by atoms with E-state index in [0.29, 0.717) is 5.92 Å². The maximum absolute atomic E-state index is 4.47. The van der Waals surface area contributed by atoms with Crippen molar-refractivity contribution < 1.29 is 0 Å². The minimum Gasteiger partial charge on any atom is -0.245 e. The normalized spacial score (nSPS) is 11.1. The Hall–Kier alpha value is -0.920. The van der Waals surface area contributed by atoms with Gasteiger partial charge in [-0.25, -0.2) is 9.97 Å². The summed E-state index contributed by atoms with van der Waals surface area (Å²) in [4.78, 5) is 8.50. The third-order valence-electron chi connectivity index (χ3n) is 3.84. The summed E-state index contributed by atoms with van der Waals surface area (Å²) in [5.41, 5.74) is 1.25. The van der Waals surface area contributed by atoms with Crippen molar-refractivity contribution in [2.45, 2.75) is 84.0 Å². The Morgan fingerprint density at radius 3 is 2.00 bits per heavy atom. The highest BCUT2D eigenvalue weighted by Crippen LogP contribution is 2.26. The van der Waals surface area contributed by atoms with E-state index < -0.39 is 0 Å². The van der Waals surface area contributed by atoms with Gasteiger partial charge in [-0.15, -0.1) is 0 Å². The number of nitrogens with zero attached hydrogens (tertiary/aromatic N) is 2. The lowest BCUT2D eigenvalue weighted by Gasteiger charge is -2.16. The van der Waals surface area contributed by atoms with Crippen LogP contribution in [0.5, 0.6) is 0 Å². The fourth-order valence-corrected chi connectivity index (χ4v) is 2.62. The molecule has 0 spiro atoms. The second kappa shape index (κ2) is 11.0. The van der Waals surface area contributed by atoms with Crippen LogP contribution in [0.2, 0.25) is 0 Å². The second-order valence-corrected chi connectivity index (χ2v) is 5.53. The Morgan fingerprint density at radius 2 is 1.53 bits per heavy atom. The molecule has 1 aromatic heterocycles. The van der Waals surface area contributed by atoms with Crippen molar-refractivity contribution >= 4 is 0 Å². The first-order valence-corrected chi connectivity index (χ1v) is 8.14. The molecular formula is C17H30N2. The first-order valence-electron chi connectivity index (χ1n) is 8.14. The molecule has 0 amide bonds. The van der Waals surface area contributed by atoms with Gasteiger partial charge < -0.3 is 0 Å². The van der Waals surface area contributed by atoms with Crippen molar-refractivity contribution in [3.63, 3.8) is 0 Å².